The highest BCUT2D eigenvalue weighted by molar-refractivity contribution is 7.16. The Balaban J connectivity index is 1.64. The van der Waals surface area contributed by atoms with E-state index in [1.165, 1.54) is 0 Å². The van der Waals surface area contributed by atoms with Crippen LogP contribution in [0.4, 0.5) is 0 Å². The predicted octanol–water partition coefficient (Wildman–Crippen LogP) is 5.36. The van der Waals surface area contributed by atoms with E-state index in [4.69, 9.17) is 23.2 Å². The van der Waals surface area contributed by atoms with Crippen molar-refractivity contribution >= 4 is 39.5 Å². The lowest BCUT2D eigenvalue weighted by molar-refractivity contribution is 0.922. The minimum absolute atomic E-state index is 0.639. The summed E-state index contributed by atoms with van der Waals surface area (Å²) in [5, 5.41) is 6.87. The Bertz CT molecular complexity index is 945. The fraction of sp³-hybridized carbons (Fsp3) is 0.0588. The number of hydrogen-bond donors (Lipinski definition) is 0. The van der Waals surface area contributed by atoms with Crippen molar-refractivity contribution < 1.29 is 0 Å². The Hall–Kier alpha value is -1.88. The number of aromatic nitrogens is 3. The van der Waals surface area contributed by atoms with Crippen LogP contribution in [0.1, 0.15) is 10.6 Å². The molecule has 0 radical (unpaired) electrons. The van der Waals surface area contributed by atoms with E-state index in [-0.39, 0.29) is 0 Å². The molecule has 2 aromatic heterocycles. The van der Waals surface area contributed by atoms with Crippen LogP contribution < -0.4 is 0 Å². The summed E-state index contributed by atoms with van der Waals surface area (Å²) in [5.41, 5.74) is 3.03. The molecule has 0 fully saturated rings. The molecule has 0 N–H and O–H groups in total. The van der Waals surface area contributed by atoms with Crippen LogP contribution in [0.25, 0.3) is 16.2 Å². The molecule has 2 aromatic carbocycles. The monoisotopic (exact) mass is 359 g/mol. The predicted molar refractivity (Wildman–Crippen MR) is 95.6 cm³/mol. The molecule has 4 rings (SSSR count). The van der Waals surface area contributed by atoms with Crippen LogP contribution in [0.15, 0.2) is 54.7 Å². The lowest BCUT2D eigenvalue weighted by Crippen LogP contribution is -1.90. The van der Waals surface area contributed by atoms with Crippen LogP contribution in [0, 0.1) is 0 Å². The van der Waals surface area contributed by atoms with Crippen LogP contribution in [-0.2, 0) is 6.42 Å². The van der Waals surface area contributed by atoms with Crippen LogP contribution >= 0.6 is 34.5 Å². The first kappa shape index (κ1) is 14.7. The number of halogens is 2. The zero-order valence-corrected chi connectivity index (χ0v) is 14.2. The molecule has 114 valence electrons. The highest BCUT2D eigenvalue weighted by Crippen LogP contribution is 2.26. The van der Waals surface area contributed by atoms with Gasteiger partial charge >= 0.3 is 0 Å². The molecule has 2 heterocycles. The second-order valence-corrected chi connectivity index (χ2v) is 7.01. The lowest BCUT2D eigenvalue weighted by Gasteiger charge is -2.01. The first-order chi connectivity index (χ1) is 11.2. The molecule has 0 saturated heterocycles. The maximum absolute atomic E-state index is 6.23. The van der Waals surface area contributed by atoms with Gasteiger partial charge in [-0.1, -0.05) is 70.9 Å². The van der Waals surface area contributed by atoms with Crippen molar-refractivity contribution in [3.63, 3.8) is 0 Å². The van der Waals surface area contributed by atoms with Crippen molar-refractivity contribution in [2.45, 2.75) is 6.42 Å². The smallest absolute Gasteiger partial charge is 0.212 e. The summed E-state index contributed by atoms with van der Waals surface area (Å²) in [4.78, 5) is 5.53. The summed E-state index contributed by atoms with van der Waals surface area (Å²) in [5.74, 6) is 0. The van der Waals surface area contributed by atoms with Gasteiger partial charge in [0, 0.05) is 22.0 Å². The summed E-state index contributed by atoms with van der Waals surface area (Å²) in [6.07, 6.45) is 2.62. The Morgan fingerprint density at radius 1 is 1.04 bits per heavy atom. The van der Waals surface area contributed by atoms with Crippen LogP contribution in [0.5, 0.6) is 0 Å². The van der Waals surface area contributed by atoms with Crippen molar-refractivity contribution in [3.8, 4) is 11.3 Å². The van der Waals surface area contributed by atoms with Gasteiger partial charge in [0.15, 0.2) is 0 Å². The molecule has 0 unspecified atom stereocenters. The number of hydrogen-bond acceptors (Lipinski definition) is 3. The standard InChI is InChI=1S/C17H11Cl2N3S/c18-13-7-6-12(14(19)9-13)8-16-21-22-10-15(20-17(22)23-16)11-4-2-1-3-5-11/h1-7,9-10H,8H2. The minimum Gasteiger partial charge on any atom is -0.217 e. The van der Waals surface area contributed by atoms with Crippen molar-refractivity contribution in [2.24, 2.45) is 0 Å². The zero-order chi connectivity index (χ0) is 15.8. The van der Waals surface area contributed by atoms with E-state index in [0.29, 0.717) is 16.5 Å². The number of nitrogens with zero attached hydrogens (tertiary/aromatic N) is 3. The van der Waals surface area contributed by atoms with Gasteiger partial charge in [-0.15, -0.1) is 0 Å². The van der Waals surface area contributed by atoms with Crippen molar-refractivity contribution in [1.29, 1.82) is 0 Å². The fourth-order valence-electron chi connectivity index (χ4n) is 2.39. The van der Waals surface area contributed by atoms with E-state index in [0.717, 1.165) is 26.8 Å². The fourth-order valence-corrected chi connectivity index (χ4v) is 3.76. The molecular formula is C17H11Cl2N3S. The molecule has 0 atom stereocenters. The van der Waals surface area contributed by atoms with Crippen molar-refractivity contribution in [1.82, 2.24) is 14.6 Å². The largest absolute Gasteiger partial charge is 0.217 e. The third kappa shape index (κ3) is 2.98. The highest BCUT2D eigenvalue weighted by Gasteiger charge is 2.11. The minimum atomic E-state index is 0.639. The second-order valence-electron chi connectivity index (χ2n) is 5.13. The molecule has 3 nitrogen and oxygen atoms in total. The van der Waals surface area contributed by atoms with Crippen molar-refractivity contribution in [2.75, 3.05) is 0 Å². The summed E-state index contributed by atoms with van der Waals surface area (Å²) in [7, 11) is 0. The quantitative estimate of drug-likeness (QED) is 0.493. The molecular weight excluding hydrogens is 349 g/mol. The van der Waals surface area contributed by atoms with Gasteiger partial charge in [0.1, 0.15) is 5.01 Å². The van der Waals surface area contributed by atoms with Gasteiger partial charge in [0.2, 0.25) is 4.96 Å². The van der Waals surface area contributed by atoms with Crippen LogP contribution in [-0.4, -0.2) is 14.6 Å². The molecule has 0 amide bonds. The topological polar surface area (TPSA) is 30.2 Å². The van der Waals surface area contributed by atoms with Crippen LogP contribution in [0.3, 0.4) is 0 Å². The van der Waals surface area contributed by atoms with Crippen LogP contribution in [0.2, 0.25) is 10.0 Å². The molecule has 23 heavy (non-hydrogen) atoms. The molecule has 6 heteroatoms. The van der Waals surface area contributed by atoms with Gasteiger partial charge in [0.05, 0.1) is 11.9 Å². The van der Waals surface area contributed by atoms with Gasteiger partial charge < -0.3 is 0 Å². The van der Waals surface area contributed by atoms with E-state index in [1.54, 1.807) is 17.4 Å². The second kappa shape index (κ2) is 5.96. The molecule has 4 aromatic rings. The summed E-state index contributed by atoms with van der Waals surface area (Å²) < 4.78 is 1.83. The SMILES string of the molecule is Clc1ccc(Cc2nn3cc(-c4ccccc4)nc3s2)c(Cl)c1. The Morgan fingerprint density at radius 2 is 1.87 bits per heavy atom. The average Bonchev–Trinajstić information content (AvgIpc) is 3.09. The first-order valence-corrected chi connectivity index (χ1v) is 8.61. The van der Waals surface area contributed by atoms with Crippen molar-refractivity contribution in [3.05, 3.63) is 75.3 Å². The third-order valence-electron chi connectivity index (χ3n) is 3.51. The number of fused-ring (bicyclic) bond motifs is 1. The molecule has 0 spiro atoms. The molecule has 0 aliphatic rings. The molecule has 0 bridgehead atoms. The number of rotatable bonds is 3. The van der Waals surface area contributed by atoms with Gasteiger partial charge in [-0.3, -0.25) is 0 Å². The zero-order valence-electron chi connectivity index (χ0n) is 11.9. The maximum atomic E-state index is 6.23. The highest BCUT2D eigenvalue weighted by atomic mass is 35.5. The average molecular weight is 360 g/mol. The first-order valence-electron chi connectivity index (χ1n) is 7.03. The Labute approximate surface area is 147 Å². The summed E-state index contributed by atoms with van der Waals surface area (Å²) >= 11 is 13.7. The Kier molecular flexibility index (Phi) is 3.81. The Morgan fingerprint density at radius 3 is 2.61 bits per heavy atom. The number of imidazole rings is 1. The van der Waals surface area contributed by atoms with Gasteiger partial charge in [0.25, 0.3) is 0 Å². The van der Waals surface area contributed by atoms with Gasteiger partial charge in [-0.2, -0.15) is 5.10 Å². The van der Waals surface area contributed by atoms with E-state index in [9.17, 15) is 0 Å². The number of benzene rings is 2. The molecule has 0 saturated carbocycles. The molecule has 0 aliphatic heterocycles. The van der Waals surface area contributed by atoms with E-state index < -0.39 is 0 Å². The van der Waals surface area contributed by atoms with Gasteiger partial charge in [-0.25, -0.2) is 9.50 Å². The van der Waals surface area contributed by atoms with E-state index >= 15 is 0 Å². The third-order valence-corrected chi connectivity index (χ3v) is 5.02. The lowest BCUT2D eigenvalue weighted by atomic mass is 10.2. The molecule has 0 aliphatic carbocycles. The van der Waals surface area contributed by atoms with E-state index in [2.05, 4.69) is 10.1 Å². The summed E-state index contributed by atoms with van der Waals surface area (Å²) in [6, 6.07) is 15.6. The maximum Gasteiger partial charge on any atom is 0.212 e. The summed E-state index contributed by atoms with van der Waals surface area (Å²) in [6.45, 7) is 0. The normalized spacial score (nSPS) is 11.2. The van der Waals surface area contributed by atoms with Gasteiger partial charge in [-0.05, 0) is 17.7 Å². The van der Waals surface area contributed by atoms with E-state index in [1.807, 2.05) is 53.2 Å².